The second kappa shape index (κ2) is 10.3. The molecule has 8 heteroatoms. The maximum absolute atomic E-state index is 11.7. The molecule has 3 aromatic carbocycles. The zero-order valence-corrected chi connectivity index (χ0v) is 20.9. The van der Waals surface area contributed by atoms with Crippen LogP contribution in [0.1, 0.15) is 41.5 Å². The quantitative estimate of drug-likeness (QED) is 0.373. The SMILES string of the molecule is COc1cccc(C(CC(=O)O)c2ccc(C)c(CN3C[C@@H](C)Oc4ccccc4S3(O)O)c2)c1. The van der Waals surface area contributed by atoms with Crippen LogP contribution in [0.5, 0.6) is 11.5 Å². The molecule has 0 bridgehead atoms. The third kappa shape index (κ3) is 5.46. The Hall–Kier alpha value is -3.04. The van der Waals surface area contributed by atoms with Gasteiger partial charge in [-0.1, -0.05) is 42.5 Å². The van der Waals surface area contributed by atoms with Crippen molar-refractivity contribution in [3.05, 3.63) is 89.0 Å². The Balaban J connectivity index is 1.71. The lowest BCUT2D eigenvalue weighted by Crippen LogP contribution is -2.33. The van der Waals surface area contributed by atoms with Crippen molar-refractivity contribution in [2.45, 2.75) is 43.7 Å². The van der Waals surface area contributed by atoms with E-state index in [1.54, 1.807) is 29.6 Å². The van der Waals surface area contributed by atoms with Crippen LogP contribution in [0.15, 0.2) is 71.6 Å². The van der Waals surface area contributed by atoms with Gasteiger partial charge in [0.25, 0.3) is 0 Å². The van der Waals surface area contributed by atoms with Crippen LogP contribution in [-0.2, 0) is 11.3 Å². The first-order chi connectivity index (χ1) is 16.7. The van der Waals surface area contributed by atoms with Gasteiger partial charge < -0.3 is 14.6 Å². The fourth-order valence-electron chi connectivity index (χ4n) is 4.44. The predicted octanol–water partition coefficient (Wildman–Crippen LogP) is 5.92. The van der Waals surface area contributed by atoms with E-state index >= 15 is 0 Å². The van der Waals surface area contributed by atoms with E-state index < -0.39 is 16.7 Å². The molecule has 186 valence electrons. The number of hydrogen-bond donors (Lipinski definition) is 3. The van der Waals surface area contributed by atoms with E-state index in [9.17, 15) is 19.0 Å². The van der Waals surface area contributed by atoms with Gasteiger partial charge in [-0.3, -0.25) is 13.9 Å². The summed E-state index contributed by atoms with van der Waals surface area (Å²) in [6.45, 7) is 4.48. The summed E-state index contributed by atoms with van der Waals surface area (Å²) >= 11 is 0. The number of fused-ring (bicyclic) bond motifs is 1. The number of benzene rings is 3. The molecule has 1 aliphatic heterocycles. The molecule has 0 aromatic heterocycles. The van der Waals surface area contributed by atoms with E-state index in [1.165, 1.54) is 0 Å². The molecule has 0 amide bonds. The highest BCUT2D eigenvalue weighted by Gasteiger charge is 2.34. The molecule has 1 unspecified atom stereocenters. The molecule has 7 nitrogen and oxygen atoms in total. The van der Waals surface area contributed by atoms with Gasteiger partial charge in [0.05, 0.1) is 20.1 Å². The highest BCUT2D eigenvalue weighted by atomic mass is 32.3. The average Bonchev–Trinajstić information content (AvgIpc) is 2.92. The van der Waals surface area contributed by atoms with Crippen molar-refractivity contribution in [1.82, 2.24) is 4.31 Å². The topological polar surface area (TPSA) is 99.5 Å². The Morgan fingerprint density at radius 2 is 1.86 bits per heavy atom. The largest absolute Gasteiger partial charge is 0.497 e. The first kappa shape index (κ1) is 25.1. The summed E-state index contributed by atoms with van der Waals surface area (Å²) < 4.78 is 35.5. The van der Waals surface area contributed by atoms with Crippen LogP contribution in [0.2, 0.25) is 0 Å². The van der Waals surface area contributed by atoms with Gasteiger partial charge in [-0.05, 0) is 60.4 Å². The average molecular weight is 498 g/mol. The number of ether oxygens (including phenoxy) is 2. The second-order valence-corrected chi connectivity index (χ2v) is 10.8. The zero-order valence-electron chi connectivity index (χ0n) is 20.0. The summed E-state index contributed by atoms with van der Waals surface area (Å²) in [5.74, 6) is -0.137. The van der Waals surface area contributed by atoms with Gasteiger partial charge in [0.2, 0.25) is 0 Å². The fraction of sp³-hybridized carbons (Fsp3) is 0.296. The van der Waals surface area contributed by atoms with Gasteiger partial charge in [0.1, 0.15) is 22.5 Å². The summed E-state index contributed by atoms with van der Waals surface area (Å²) in [5, 5.41) is 9.62. The van der Waals surface area contributed by atoms with Crippen molar-refractivity contribution < 1.29 is 28.5 Å². The minimum absolute atomic E-state index is 0.0766. The summed E-state index contributed by atoms with van der Waals surface area (Å²) in [6.07, 6.45) is -0.322. The molecular formula is C27H31NO6S. The van der Waals surface area contributed by atoms with Crippen molar-refractivity contribution in [3.63, 3.8) is 0 Å². The van der Waals surface area contributed by atoms with E-state index in [1.807, 2.05) is 62.4 Å². The number of aryl methyl sites for hydroxylation is 1. The first-order valence-electron chi connectivity index (χ1n) is 11.4. The molecule has 4 rings (SSSR count). The minimum Gasteiger partial charge on any atom is -0.497 e. The highest BCUT2D eigenvalue weighted by molar-refractivity contribution is 8.22. The second-order valence-electron chi connectivity index (χ2n) is 8.83. The molecule has 0 saturated carbocycles. The van der Waals surface area contributed by atoms with Gasteiger partial charge in [0, 0.05) is 12.5 Å². The number of carboxylic acids is 1. The third-order valence-electron chi connectivity index (χ3n) is 6.29. The molecule has 35 heavy (non-hydrogen) atoms. The Morgan fingerprint density at radius 3 is 2.60 bits per heavy atom. The fourth-order valence-corrected chi connectivity index (χ4v) is 6.10. The van der Waals surface area contributed by atoms with Crippen LogP contribution < -0.4 is 9.47 Å². The number of hydrogen-bond acceptors (Lipinski definition) is 6. The molecular weight excluding hydrogens is 466 g/mol. The summed E-state index contributed by atoms with van der Waals surface area (Å²) in [4.78, 5) is 12.1. The maximum Gasteiger partial charge on any atom is 0.304 e. The first-order valence-corrected chi connectivity index (χ1v) is 12.9. The monoisotopic (exact) mass is 497 g/mol. The highest BCUT2D eigenvalue weighted by Crippen LogP contribution is 2.57. The molecule has 2 atom stereocenters. The standard InChI is InChI=1S/C27H31NO6S/c1-18-11-12-21(24(15-27(29)30)20-7-6-8-23(14-20)33-3)13-22(18)17-28-16-19(2)34-25-9-4-5-10-26(25)35(28,31)32/h4-14,19,24,31-32H,15-17H2,1-3H3,(H,29,30)/t19-,24?/m1/s1. The predicted molar refractivity (Wildman–Crippen MR) is 136 cm³/mol. The number of methoxy groups -OCH3 is 1. The van der Waals surface area contributed by atoms with Crippen LogP contribution in [0.3, 0.4) is 0 Å². The Labute approximate surface area is 207 Å². The summed E-state index contributed by atoms with van der Waals surface area (Å²) in [7, 11) is -1.70. The van der Waals surface area contributed by atoms with Crippen molar-refractivity contribution in [2.24, 2.45) is 0 Å². The van der Waals surface area contributed by atoms with Crippen molar-refractivity contribution in [2.75, 3.05) is 13.7 Å². The number of rotatable bonds is 7. The van der Waals surface area contributed by atoms with E-state index in [2.05, 4.69) is 0 Å². The van der Waals surface area contributed by atoms with Gasteiger partial charge >= 0.3 is 5.97 Å². The molecule has 1 heterocycles. The lowest BCUT2D eigenvalue weighted by Gasteiger charge is -2.42. The van der Waals surface area contributed by atoms with Crippen LogP contribution in [0.25, 0.3) is 0 Å². The number of nitrogens with zero attached hydrogens (tertiary/aromatic N) is 1. The normalized spacial score (nSPS) is 19.1. The van der Waals surface area contributed by atoms with Crippen molar-refractivity contribution in [1.29, 1.82) is 0 Å². The third-order valence-corrected chi connectivity index (χ3v) is 8.22. The summed E-state index contributed by atoms with van der Waals surface area (Å²) in [6, 6.07) is 20.3. The van der Waals surface area contributed by atoms with Gasteiger partial charge in [-0.25, -0.2) is 0 Å². The smallest absolute Gasteiger partial charge is 0.304 e. The van der Waals surface area contributed by atoms with E-state index in [-0.39, 0.29) is 25.0 Å². The van der Waals surface area contributed by atoms with Crippen molar-refractivity contribution >= 4 is 16.7 Å². The van der Waals surface area contributed by atoms with E-state index in [0.717, 1.165) is 22.3 Å². The molecule has 1 aliphatic rings. The number of carboxylic acid groups (broad SMARTS) is 1. The van der Waals surface area contributed by atoms with Gasteiger partial charge in [0.15, 0.2) is 0 Å². The molecule has 0 aliphatic carbocycles. The van der Waals surface area contributed by atoms with E-state index in [4.69, 9.17) is 9.47 Å². The zero-order chi connectivity index (χ0) is 25.2. The van der Waals surface area contributed by atoms with Crippen LogP contribution >= 0.6 is 10.8 Å². The number of aliphatic carboxylic acids is 1. The number of carbonyl (C=O) groups is 1. The molecule has 3 aromatic rings. The minimum atomic E-state index is -3.28. The molecule has 0 fully saturated rings. The Bertz CT molecular complexity index is 1210. The summed E-state index contributed by atoms with van der Waals surface area (Å²) in [5.41, 5.74) is 3.57. The molecule has 0 radical (unpaired) electrons. The van der Waals surface area contributed by atoms with E-state index in [0.29, 0.717) is 22.9 Å². The van der Waals surface area contributed by atoms with Gasteiger partial charge in [-0.15, -0.1) is 10.8 Å². The number of para-hydroxylation sites is 1. The molecule has 0 saturated heterocycles. The lowest BCUT2D eigenvalue weighted by molar-refractivity contribution is -0.137. The Kier molecular flexibility index (Phi) is 7.37. The molecule has 3 N–H and O–H groups in total. The Morgan fingerprint density at radius 1 is 1.11 bits per heavy atom. The van der Waals surface area contributed by atoms with Crippen LogP contribution in [0.4, 0.5) is 0 Å². The maximum atomic E-state index is 11.7. The van der Waals surface area contributed by atoms with Crippen molar-refractivity contribution in [3.8, 4) is 11.5 Å². The van der Waals surface area contributed by atoms with Crippen LogP contribution in [-0.4, -0.2) is 44.2 Å². The molecule has 0 spiro atoms. The lowest BCUT2D eigenvalue weighted by atomic mass is 9.87. The van der Waals surface area contributed by atoms with Crippen LogP contribution in [0, 0.1) is 6.92 Å². The van der Waals surface area contributed by atoms with Gasteiger partial charge in [-0.2, -0.15) is 4.31 Å².